The highest BCUT2D eigenvalue weighted by Gasteiger charge is 2.36. The number of furan rings is 1. The zero-order chi connectivity index (χ0) is 24.4. The molecule has 0 unspecified atom stereocenters. The lowest BCUT2D eigenvalue weighted by Gasteiger charge is -2.11. The second-order valence-corrected chi connectivity index (χ2v) is 8.47. The topological polar surface area (TPSA) is 120 Å². The molecular formula is C23H15ClN2O7S. The summed E-state index contributed by atoms with van der Waals surface area (Å²) in [5.74, 6) is -0.297. The summed E-state index contributed by atoms with van der Waals surface area (Å²) in [6, 6.07) is 13.5. The highest BCUT2D eigenvalue weighted by Crippen LogP contribution is 2.36. The van der Waals surface area contributed by atoms with E-state index in [1.54, 1.807) is 18.2 Å². The van der Waals surface area contributed by atoms with Gasteiger partial charge in [0.25, 0.3) is 16.8 Å². The summed E-state index contributed by atoms with van der Waals surface area (Å²) in [6.07, 6.45) is 1.36. The molecule has 0 N–H and O–H groups in total. The Morgan fingerprint density at radius 1 is 1.18 bits per heavy atom. The molecule has 2 aromatic carbocycles. The van der Waals surface area contributed by atoms with Gasteiger partial charge in [-0.2, -0.15) is 0 Å². The quantitative estimate of drug-likeness (QED) is 0.183. The van der Waals surface area contributed by atoms with Crippen LogP contribution in [0.3, 0.4) is 0 Å². The fourth-order valence-electron chi connectivity index (χ4n) is 3.21. The van der Waals surface area contributed by atoms with Crippen molar-refractivity contribution in [3.63, 3.8) is 0 Å². The lowest BCUT2D eigenvalue weighted by molar-refractivity contribution is -0.384. The molecule has 0 bridgehead atoms. The third kappa shape index (κ3) is 4.73. The Morgan fingerprint density at radius 2 is 1.91 bits per heavy atom. The van der Waals surface area contributed by atoms with Crippen molar-refractivity contribution >= 4 is 52.1 Å². The van der Waals surface area contributed by atoms with E-state index >= 15 is 0 Å². The van der Waals surface area contributed by atoms with Crippen LogP contribution >= 0.6 is 23.4 Å². The van der Waals surface area contributed by atoms with E-state index < -0.39 is 28.4 Å². The number of benzene rings is 2. The number of hydrogen-bond acceptors (Lipinski definition) is 8. The Morgan fingerprint density at radius 3 is 2.59 bits per heavy atom. The summed E-state index contributed by atoms with van der Waals surface area (Å²) in [5, 5.41) is 11.3. The number of nitro groups is 1. The minimum Gasteiger partial charge on any atom is -0.497 e. The van der Waals surface area contributed by atoms with E-state index in [1.165, 1.54) is 49.6 Å². The molecule has 0 spiro atoms. The minimum atomic E-state index is -0.634. The molecule has 0 radical (unpaired) electrons. The van der Waals surface area contributed by atoms with Crippen LogP contribution in [0.25, 0.3) is 17.4 Å². The summed E-state index contributed by atoms with van der Waals surface area (Å²) in [7, 11) is 1.40. The van der Waals surface area contributed by atoms with Gasteiger partial charge in [0, 0.05) is 16.7 Å². The molecular weight excluding hydrogens is 484 g/mol. The van der Waals surface area contributed by atoms with Gasteiger partial charge in [-0.05, 0) is 60.3 Å². The van der Waals surface area contributed by atoms with E-state index in [0.29, 0.717) is 28.1 Å². The van der Waals surface area contributed by atoms with Crippen LogP contribution in [-0.4, -0.2) is 40.4 Å². The lowest BCUT2D eigenvalue weighted by Crippen LogP contribution is -2.33. The third-order valence-electron chi connectivity index (χ3n) is 4.91. The Bertz CT molecular complexity index is 1350. The Hall–Kier alpha value is -3.89. The molecule has 0 atom stereocenters. The number of methoxy groups -OCH3 is 1. The van der Waals surface area contributed by atoms with Gasteiger partial charge in [-0.1, -0.05) is 11.6 Å². The van der Waals surface area contributed by atoms with E-state index in [2.05, 4.69) is 0 Å². The molecule has 1 aliphatic rings. The summed E-state index contributed by atoms with van der Waals surface area (Å²) < 4.78 is 10.7. The fraction of sp³-hybridized carbons (Fsp3) is 0.0870. The molecule has 2 amide bonds. The summed E-state index contributed by atoms with van der Waals surface area (Å²) in [6.45, 7) is -0.412. The predicted octanol–water partition coefficient (Wildman–Crippen LogP) is 5.44. The monoisotopic (exact) mass is 498 g/mol. The SMILES string of the molecule is COc1ccc(-c2ccc(/C=C3/SC(=O)N(CC(=O)c4ccc(Cl)cc4)C3=O)o2)c([N+](=O)[O-])c1. The van der Waals surface area contributed by atoms with Crippen molar-refractivity contribution in [2.75, 3.05) is 13.7 Å². The molecule has 0 saturated carbocycles. The van der Waals surface area contributed by atoms with Gasteiger partial charge < -0.3 is 9.15 Å². The van der Waals surface area contributed by atoms with Crippen molar-refractivity contribution in [1.82, 2.24) is 4.90 Å². The first-order valence-electron chi connectivity index (χ1n) is 9.73. The number of ketones is 1. The predicted molar refractivity (Wildman–Crippen MR) is 126 cm³/mol. The summed E-state index contributed by atoms with van der Waals surface area (Å²) in [5.41, 5.74) is 0.345. The number of imide groups is 1. The van der Waals surface area contributed by atoms with Crippen LogP contribution in [0.5, 0.6) is 5.75 Å². The van der Waals surface area contributed by atoms with Crippen molar-refractivity contribution in [3.8, 4) is 17.1 Å². The second kappa shape index (κ2) is 9.54. The van der Waals surface area contributed by atoms with Gasteiger partial charge >= 0.3 is 0 Å². The van der Waals surface area contributed by atoms with Gasteiger partial charge in [0.05, 0.1) is 35.1 Å². The zero-order valence-electron chi connectivity index (χ0n) is 17.5. The number of thioether (sulfide) groups is 1. The first kappa shape index (κ1) is 23.3. The molecule has 1 fully saturated rings. The van der Waals surface area contributed by atoms with Crippen LogP contribution in [-0.2, 0) is 4.79 Å². The van der Waals surface area contributed by atoms with Gasteiger partial charge in [-0.15, -0.1) is 0 Å². The number of carbonyl (C=O) groups excluding carboxylic acids is 3. The average Bonchev–Trinajstić information content (AvgIpc) is 3.39. The Kier molecular flexibility index (Phi) is 6.53. The number of hydrogen-bond donors (Lipinski definition) is 0. The maximum absolute atomic E-state index is 12.7. The maximum atomic E-state index is 12.7. The van der Waals surface area contributed by atoms with Crippen molar-refractivity contribution < 1.29 is 28.5 Å². The number of nitrogens with zero attached hydrogens (tertiary/aromatic N) is 2. The number of amides is 2. The number of rotatable bonds is 7. The molecule has 4 rings (SSSR count). The van der Waals surface area contributed by atoms with Crippen LogP contribution in [0.15, 0.2) is 63.9 Å². The number of ether oxygens (including phenoxy) is 1. The average molecular weight is 499 g/mol. The summed E-state index contributed by atoms with van der Waals surface area (Å²) in [4.78, 5) is 49.4. The molecule has 9 nitrogen and oxygen atoms in total. The first-order valence-corrected chi connectivity index (χ1v) is 10.9. The van der Waals surface area contributed by atoms with E-state index in [1.807, 2.05) is 0 Å². The second-order valence-electron chi connectivity index (χ2n) is 7.04. The standard InChI is InChI=1S/C23H15ClN2O7S/c1-32-15-6-8-17(18(10-15)26(30)31)20-9-7-16(33-20)11-21-22(28)25(23(29)34-21)12-19(27)13-2-4-14(24)5-3-13/h2-11H,12H2,1H3/b21-11+. The van der Waals surface area contributed by atoms with E-state index in [4.69, 9.17) is 20.8 Å². The molecule has 34 heavy (non-hydrogen) atoms. The molecule has 1 saturated heterocycles. The van der Waals surface area contributed by atoms with Gasteiger partial charge in [0.15, 0.2) is 5.78 Å². The Balaban J connectivity index is 1.54. The molecule has 1 aromatic heterocycles. The van der Waals surface area contributed by atoms with Crippen molar-refractivity contribution in [2.45, 2.75) is 0 Å². The van der Waals surface area contributed by atoms with Crippen molar-refractivity contribution in [1.29, 1.82) is 0 Å². The Labute approximate surface area is 202 Å². The van der Waals surface area contributed by atoms with E-state index in [0.717, 1.165) is 4.90 Å². The van der Waals surface area contributed by atoms with E-state index in [9.17, 15) is 24.5 Å². The highest BCUT2D eigenvalue weighted by molar-refractivity contribution is 8.18. The van der Waals surface area contributed by atoms with Crippen LogP contribution in [0.2, 0.25) is 5.02 Å². The molecule has 172 valence electrons. The van der Waals surface area contributed by atoms with Gasteiger partial charge in [-0.25, -0.2) is 0 Å². The lowest BCUT2D eigenvalue weighted by atomic mass is 10.1. The summed E-state index contributed by atoms with van der Waals surface area (Å²) >= 11 is 6.49. The van der Waals surface area contributed by atoms with Crippen LogP contribution in [0.1, 0.15) is 16.1 Å². The van der Waals surface area contributed by atoms with Gasteiger partial charge in [0.1, 0.15) is 17.3 Å². The zero-order valence-corrected chi connectivity index (χ0v) is 19.1. The molecule has 11 heteroatoms. The molecule has 3 aromatic rings. The minimum absolute atomic E-state index is 0.0686. The smallest absolute Gasteiger partial charge is 0.293 e. The van der Waals surface area contributed by atoms with Crippen LogP contribution in [0.4, 0.5) is 10.5 Å². The highest BCUT2D eigenvalue weighted by atomic mass is 35.5. The fourth-order valence-corrected chi connectivity index (χ4v) is 4.15. The number of halogens is 1. The van der Waals surface area contributed by atoms with Crippen molar-refractivity contribution in [2.24, 2.45) is 0 Å². The van der Waals surface area contributed by atoms with Gasteiger partial charge in [-0.3, -0.25) is 29.4 Å². The normalized spacial score (nSPS) is 14.6. The molecule has 2 heterocycles. The first-order chi connectivity index (χ1) is 16.3. The van der Waals surface area contributed by atoms with Gasteiger partial charge in [0.2, 0.25) is 0 Å². The largest absolute Gasteiger partial charge is 0.497 e. The number of carbonyl (C=O) groups is 3. The number of nitro benzene ring substituents is 1. The van der Waals surface area contributed by atoms with Crippen molar-refractivity contribution in [3.05, 3.63) is 86.0 Å². The van der Waals surface area contributed by atoms with E-state index in [-0.39, 0.29) is 27.7 Å². The number of Topliss-reactive ketones (excluding diaryl/α,β-unsaturated/α-hetero) is 1. The maximum Gasteiger partial charge on any atom is 0.293 e. The third-order valence-corrected chi connectivity index (χ3v) is 6.07. The molecule has 1 aliphatic heterocycles. The van der Waals surface area contributed by atoms with Crippen LogP contribution in [0, 0.1) is 10.1 Å². The van der Waals surface area contributed by atoms with Crippen LogP contribution < -0.4 is 4.74 Å². The molecule has 0 aliphatic carbocycles.